The molecule has 0 aromatic carbocycles. The second-order valence-electron chi connectivity index (χ2n) is 5.66. The molecule has 4 heteroatoms. The molecule has 2 fully saturated rings. The Morgan fingerprint density at radius 1 is 1.22 bits per heavy atom. The molecule has 1 amide bonds. The van der Waals surface area contributed by atoms with Crippen LogP contribution in [0.25, 0.3) is 0 Å². The molecule has 1 saturated carbocycles. The van der Waals surface area contributed by atoms with E-state index in [2.05, 4.69) is 6.07 Å². The van der Waals surface area contributed by atoms with Gasteiger partial charge in [0, 0.05) is 13.1 Å². The smallest absolute Gasteiger partial charge is 0.243 e. The molecular formula is C14H22N2O2. The summed E-state index contributed by atoms with van der Waals surface area (Å²) in [7, 11) is 0. The molecular weight excluding hydrogens is 228 g/mol. The minimum Gasteiger partial charge on any atom is -0.391 e. The molecule has 1 heterocycles. The highest BCUT2D eigenvalue weighted by Gasteiger charge is 2.42. The standard InChI is InChI=1S/C14H22N2O2/c15-11-14(7-3-1-2-4-8-14)13(18)16-9-5-6-12(17)10-16/h12,17H,1-10H2/t12-/m0/s1. The van der Waals surface area contributed by atoms with Crippen LogP contribution in [-0.4, -0.2) is 35.1 Å². The van der Waals surface area contributed by atoms with Crippen LogP contribution in [0.4, 0.5) is 0 Å². The predicted molar refractivity (Wildman–Crippen MR) is 67.6 cm³/mol. The van der Waals surface area contributed by atoms with Gasteiger partial charge in [-0.25, -0.2) is 0 Å². The molecule has 0 aromatic rings. The minimum atomic E-state index is -0.812. The van der Waals surface area contributed by atoms with Gasteiger partial charge in [0.05, 0.1) is 12.2 Å². The Kier molecular flexibility index (Phi) is 4.23. The number of likely N-dealkylation sites (tertiary alicyclic amines) is 1. The molecule has 2 rings (SSSR count). The highest BCUT2D eigenvalue weighted by atomic mass is 16.3. The zero-order valence-electron chi connectivity index (χ0n) is 10.9. The monoisotopic (exact) mass is 250 g/mol. The van der Waals surface area contributed by atoms with Crippen LogP contribution in [0.5, 0.6) is 0 Å². The number of rotatable bonds is 1. The summed E-state index contributed by atoms with van der Waals surface area (Å²) in [6, 6.07) is 2.30. The van der Waals surface area contributed by atoms with Gasteiger partial charge in [0.15, 0.2) is 0 Å². The van der Waals surface area contributed by atoms with Crippen molar-refractivity contribution in [3.8, 4) is 6.07 Å². The molecule has 18 heavy (non-hydrogen) atoms. The van der Waals surface area contributed by atoms with Gasteiger partial charge in [-0.3, -0.25) is 4.79 Å². The summed E-state index contributed by atoms with van der Waals surface area (Å²) in [5, 5.41) is 19.1. The molecule has 100 valence electrons. The third kappa shape index (κ3) is 2.67. The second kappa shape index (κ2) is 5.71. The van der Waals surface area contributed by atoms with Crippen LogP contribution in [0.1, 0.15) is 51.4 Å². The number of piperidine rings is 1. The summed E-state index contributed by atoms with van der Waals surface area (Å²) in [5.41, 5.74) is -0.812. The maximum Gasteiger partial charge on any atom is 0.243 e. The van der Waals surface area contributed by atoms with Crippen LogP contribution in [0.15, 0.2) is 0 Å². The van der Waals surface area contributed by atoms with Gasteiger partial charge in [-0.15, -0.1) is 0 Å². The predicted octanol–water partition coefficient (Wildman–Crippen LogP) is 1.83. The molecule has 0 radical (unpaired) electrons. The van der Waals surface area contributed by atoms with Gasteiger partial charge in [0.25, 0.3) is 0 Å². The number of carbonyl (C=O) groups is 1. The van der Waals surface area contributed by atoms with Gasteiger partial charge in [0.1, 0.15) is 5.41 Å². The van der Waals surface area contributed by atoms with E-state index in [4.69, 9.17) is 0 Å². The zero-order chi connectivity index (χ0) is 13.0. The van der Waals surface area contributed by atoms with E-state index in [0.29, 0.717) is 25.9 Å². The van der Waals surface area contributed by atoms with Crippen LogP contribution in [-0.2, 0) is 4.79 Å². The van der Waals surface area contributed by atoms with E-state index in [1.807, 2.05) is 0 Å². The first-order valence-corrected chi connectivity index (χ1v) is 7.07. The third-order valence-electron chi connectivity index (χ3n) is 4.26. The molecule has 1 aliphatic heterocycles. The Bertz CT molecular complexity index is 340. The van der Waals surface area contributed by atoms with Crippen LogP contribution < -0.4 is 0 Å². The molecule has 0 unspecified atom stereocenters. The van der Waals surface area contributed by atoms with E-state index in [-0.39, 0.29) is 5.91 Å². The third-order valence-corrected chi connectivity index (χ3v) is 4.26. The summed E-state index contributed by atoms with van der Waals surface area (Å²) in [5.74, 6) is -0.0364. The lowest BCUT2D eigenvalue weighted by Gasteiger charge is -2.36. The highest BCUT2D eigenvalue weighted by Crippen LogP contribution is 2.36. The lowest BCUT2D eigenvalue weighted by atomic mass is 9.80. The minimum absolute atomic E-state index is 0.0364. The molecule has 0 bridgehead atoms. The average Bonchev–Trinajstić information content (AvgIpc) is 2.64. The normalized spacial score (nSPS) is 28.2. The van der Waals surface area contributed by atoms with E-state index < -0.39 is 11.5 Å². The number of hydrogen-bond acceptors (Lipinski definition) is 3. The quantitative estimate of drug-likeness (QED) is 0.722. The van der Waals surface area contributed by atoms with Crippen molar-refractivity contribution in [3.05, 3.63) is 0 Å². The maximum absolute atomic E-state index is 12.6. The SMILES string of the molecule is N#CC1(C(=O)N2CCC[C@H](O)C2)CCCCCC1. The number of carbonyl (C=O) groups excluding carboxylic acids is 1. The van der Waals surface area contributed by atoms with Gasteiger partial charge in [-0.05, 0) is 25.7 Å². The van der Waals surface area contributed by atoms with Crippen LogP contribution >= 0.6 is 0 Å². The van der Waals surface area contributed by atoms with Gasteiger partial charge < -0.3 is 10.0 Å². The summed E-state index contributed by atoms with van der Waals surface area (Å²) in [6.45, 7) is 1.10. The van der Waals surface area contributed by atoms with Crippen LogP contribution in [0, 0.1) is 16.7 Å². The maximum atomic E-state index is 12.6. The van der Waals surface area contributed by atoms with Crippen molar-refractivity contribution in [3.63, 3.8) is 0 Å². The number of aliphatic hydroxyl groups excluding tert-OH is 1. The van der Waals surface area contributed by atoms with Crippen molar-refractivity contribution >= 4 is 5.91 Å². The molecule has 2 aliphatic rings. The first-order chi connectivity index (χ1) is 8.68. The Balaban J connectivity index is 2.11. The number of amides is 1. The van der Waals surface area contributed by atoms with E-state index in [9.17, 15) is 15.2 Å². The molecule has 0 aromatic heterocycles. The number of nitriles is 1. The van der Waals surface area contributed by atoms with Crippen molar-refractivity contribution in [2.45, 2.75) is 57.5 Å². The van der Waals surface area contributed by atoms with Crippen molar-refractivity contribution in [2.75, 3.05) is 13.1 Å². The van der Waals surface area contributed by atoms with Crippen LogP contribution in [0.3, 0.4) is 0 Å². The lowest BCUT2D eigenvalue weighted by Crippen LogP contribution is -2.49. The Morgan fingerprint density at radius 3 is 2.44 bits per heavy atom. The second-order valence-corrected chi connectivity index (χ2v) is 5.66. The van der Waals surface area contributed by atoms with Crippen molar-refractivity contribution in [2.24, 2.45) is 5.41 Å². The van der Waals surface area contributed by atoms with Crippen molar-refractivity contribution < 1.29 is 9.90 Å². The number of nitrogens with zero attached hydrogens (tertiary/aromatic N) is 2. The van der Waals surface area contributed by atoms with Crippen molar-refractivity contribution in [1.82, 2.24) is 4.90 Å². The van der Waals surface area contributed by atoms with Crippen molar-refractivity contribution in [1.29, 1.82) is 5.26 Å². The average molecular weight is 250 g/mol. The fourth-order valence-corrected chi connectivity index (χ4v) is 3.15. The fourth-order valence-electron chi connectivity index (χ4n) is 3.15. The molecule has 4 nitrogen and oxygen atoms in total. The molecule has 0 spiro atoms. The van der Waals surface area contributed by atoms with E-state index in [1.165, 1.54) is 0 Å². The zero-order valence-corrected chi connectivity index (χ0v) is 10.9. The summed E-state index contributed by atoms with van der Waals surface area (Å²) in [6.07, 6.45) is 6.76. The van der Waals surface area contributed by atoms with E-state index in [1.54, 1.807) is 4.90 Å². The number of β-amino-alcohol motifs (C(OH)–C–C–N with tert-alkyl or cyclic N) is 1. The number of aliphatic hydroxyl groups is 1. The number of hydrogen-bond donors (Lipinski definition) is 1. The highest BCUT2D eigenvalue weighted by molar-refractivity contribution is 5.85. The van der Waals surface area contributed by atoms with E-state index in [0.717, 1.165) is 38.5 Å². The first-order valence-electron chi connectivity index (χ1n) is 7.07. The molecule has 1 atom stereocenters. The van der Waals surface area contributed by atoms with Gasteiger partial charge in [0.2, 0.25) is 5.91 Å². The molecule has 1 saturated heterocycles. The molecule has 1 aliphatic carbocycles. The summed E-state index contributed by atoms with van der Waals surface area (Å²) in [4.78, 5) is 14.3. The summed E-state index contributed by atoms with van der Waals surface area (Å²) < 4.78 is 0. The summed E-state index contributed by atoms with van der Waals surface area (Å²) >= 11 is 0. The fraction of sp³-hybridized carbons (Fsp3) is 0.857. The lowest BCUT2D eigenvalue weighted by molar-refractivity contribution is -0.142. The topological polar surface area (TPSA) is 64.3 Å². The van der Waals surface area contributed by atoms with Gasteiger partial charge in [-0.2, -0.15) is 5.26 Å². The Labute approximate surface area is 109 Å². The van der Waals surface area contributed by atoms with Gasteiger partial charge in [-0.1, -0.05) is 25.7 Å². The largest absolute Gasteiger partial charge is 0.391 e. The van der Waals surface area contributed by atoms with Gasteiger partial charge >= 0.3 is 0 Å². The Morgan fingerprint density at radius 2 is 1.89 bits per heavy atom. The van der Waals surface area contributed by atoms with Crippen LogP contribution in [0.2, 0.25) is 0 Å². The Hall–Kier alpha value is -1.08. The molecule has 1 N–H and O–H groups in total. The first kappa shape index (κ1) is 13.4. The van der Waals surface area contributed by atoms with E-state index >= 15 is 0 Å².